The van der Waals surface area contributed by atoms with Gasteiger partial charge in [-0.1, -0.05) is 20.3 Å². The van der Waals surface area contributed by atoms with Crippen LogP contribution in [0.4, 0.5) is 0 Å². The van der Waals surface area contributed by atoms with Crippen molar-refractivity contribution in [1.29, 1.82) is 0 Å². The van der Waals surface area contributed by atoms with Gasteiger partial charge in [0.15, 0.2) is 0 Å². The van der Waals surface area contributed by atoms with Crippen LogP contribution in [0.5, 0.6) is 0 Å². The largest absolute Gasteiger partial charge is 0.396 e. The van der Waals surface area contributed by atoms with Crippen molar-refractivity contribution in [3.63, 3.8) is 0 Å². The maximum Gasteiger partial charge on any atom is 0.0547 e. The van der Waals surface area contributed by atoms with Crippen LogP contribution in [0.2, 0.25) is 0 Å². The molecule has 0 aromatic carbocycles. The summed E-state index contributed by atoms with van der Waals surface area (Å²) in [4.78, 5) is 0. The average molecular weight is 311 g/mol. The summed E-state index contributed by atoms with van der Waals surface area (Å²) in [5.74, 6) is 0. The van der Waals surface area contributed by atoms with Crippen molar-refractivity contribution in [2.45, 2.75) is 39.2 Å². The van der Waals surface area contributed by atoms with Gasteiger partial charge in [0, 0.05) is 11.5 Å². The molecule has 1 atom stereocenters. The number of rotatable bonds is 10. The second kappa shape index (κ2) is 12.3. The zero-order valence-corrected chi connectivity index (χ0v) is 13.2. The molecule has 130 valence electrons. The Bertz CT molecular complexity index is 215. The van der Waals surface area contributed by atoms with Crippen LogP contribution in [0.15, 0.2) is 0 Å². The molecule has 0 bridgehead atoms. The first-order valence-electron chi connectivity index (χ1n) is 7.32. The van der Waals surface area contributed by atoms with E-state index in [1.54, 1.807) is 0 Å². The van der Waals surface area contributed by atoms with E-state index < -0.39 is 56.5 Å². The van der Waals surface area contributed by atoms with Crippen LogP contribution < -0.4 is 5.73 Å². The molecule has 0 spiro atoms. The van der Waals surface area contributed by atoms with Crippen molar-refractivity contribution in [2.24, 2.45) is 16.6 Å². The van der Waals surface area contributed by atoms with Crippen LogP contribution in [0, 0.1) is 10.8 Å². The van der Waals surface area contributed by atoms with E-state index in [1.807, 2.05) is 0 Å². The average Bonchev–Trinajstić information content (AvgIpc) is 2.52. The van der Waals surface area contributed by atoms with Crippen molar-refractivity contribution >= 4 is 0 Å². The smallest absolute Gasteiger partial charge is 0.0547 e. The summed E-state index contributed by atoms with van der Waals surface area (Å²) in [7, 11) is 0. The molecule has 1 unspecified atom stereocenters. The van der Waals surface area contributed by atoms with Crippen molar-refractivity contribution in [2.75, 3.05) is 39.6 Å². The van der Waals surface area contributed by atoms with Crippen molar-refractivity contribution in [3.8, 4) is 0 Å². The highest BCUT2D eigenvalue weighted by Crippen LogP contribution is 2.28. The molecular formula is C14H33NO6. The first-order valence-corrected chi connectivity index (χ1v) is 7.32. The van der Waals surface area contributed by atoms with Gasteiger partial charge in [0.1, 0.15) is 0 Å². The van der Waals surface area contributed by atoms with E-state index in [4.69, 9.17) is 21.1 Å². The molecule has 0 rings (SSSR count). The van der Waals surface area contributed by atoms with Gasteiger partial charge in [0.25, 0.3) is 0 Å². The number of nitrogens with two attached hydrogens (primary N) is 1. The molecule has 0 radical (unpaired) electrons. The zero-order chi connectivity index (χ0) is 16.9. The Morgan fingerprint density at radius 2 is 1.10 bits per heavy atom. The van der Waals surface area contributed by atoms with Gasteiger partial charge in [-0.2, -0.15) is 0 Å². The summed E-state index contributed by atoms with van der Waals surface area (Å²) in [5, 5.41) is 55.1. The Hall–Kier alpha value is -0.280. The molecule has 7 nitrogen and oxygen atoms in total. The third-order valence-corrected chi connectivity index (χ3v) is 3.72. The maximum atomic E-state index is 9.20. The normalized spacial score (nSPS) is 13.6. The van der Waals surface area contributed by atoms with Gasteiger partial charge < -0.3 is 36.4 Å². The molecule has 0 saturated heterocycles. The molecule has 0 fully saturated rings. The molecule has 0 amide bonds. The van der Waals surface area contributed by atoms with Gasteiger partial charge in [0.05, 0.1) is 45.1 Å². The Morgan fingerprint density at radius 1 is 0.762 bits per heavy atom. The van der Waals surface area contributed by atoms with E-state index in [9.17, 15) is 15.3 Å². The lowest BCUT2D eigenvalue weighted by Gasteiger charge is -2.36. The molecule has 0 aliphatic rings. The van der Waals surface area contributed by atoms with Crippen LogP contribution in [0.1, 0.15) is 33.1 Å². The Morgan fingerprint density at radius 3 is 1.33 bits per heavy atom. The van der Waals surface area contributed by atoms with Gasteiger partial charge in [-0.15, -0.1) is 0 Å². The number of hydrogen-bond acceptors (Lipinski definition) is 7. The second-order valence-electron chi connectivity index (χ2n) is 5.66. The van der Waals surface area contributed by atoms with Gasteiger partial charge in [-0.05, 0) is 12.8 Å². The van der Waals surface area contributed by atoms with Crippen LogP contribution in [-0.4, -0.2) is 76.3 Å². The fourth-order valence-electron chi connectivity index (χ4n) is 1.66. The standard InChI is InChI=1S/C11H25NO6.C3H8/c12-9(11(6-16,7-17)8-18)1-2-10(3-13,4-14)5-15;1-3-2/h9,13-18H,1-8,12H2;3H2,1-2H3. The maximum absolute atomic E-state index is 9.20. The topological polar surface area (TPSA) is 147 Å². The lowest BCUT2D eigenvalue weighted by molar-refractivity contribution is -0.0316. The van der Waals surface area contributed by atoms with Gasteiger partial charge in [-0.25, -0.2) is 0 Å². The molecule has 0 heterocycles. The van der Waals surface area contributed by atoms with Crippen LogP contribution in [-0.2, 0) is 0 Å². The monoisotopic (exact) mass is 311 g/mol. The minimum Gasteiger partial charge on any atom is -0.396 e. The van der Waals surface area contributed by atoms with Crippen molar-refractivity contribution in [3.05, 3.63) is 0 Å². The lowest BCUT2D eigenvalue weighted by Crippen LogP contribution is -2.51. The summed E-state index contributed by atoms with van der Waals surface area (Å²) in [5.41, 5.74) is 3.59. The predicted molar refractivity (Wildman–Crippen MR) is 80.6 cm³/mol. The Balaban J connectivity index is 0. The molecular weight excluding hydrogens is 278 g/mol. The fourth-order valence-corrected chi connectivity index (χ4v) is 1.66. The molecule has 7 heteroatoms. The lowest BCUT2D eigenvalue weighted by atomic mass is 9.76. The minimum absolute atomic E-state index is 0.222. The fraction of sp³-hybridized carbons (Fsp3) is 1.00. The zero-order valence-electron chi connectivity index (χ0n) is 13.2. The highest BCUT2D eigenvalue weighted by atomic mass is 16.3. The summed E-state index contributed by atoms with van der Waals surface area (Å²) in [6.45, 7) is 1.67. The van der Waals surface area contributed by atoms with E-state index in [1.165, 1.54) is 6.42 Å². The predicted octanol–water partition coefficient (Wildman–Crippen LogP) is -1.56. The molecule has 0 saturated carbocycles. The van der Waals surface area contributed by atoms with Crippen molar-refractivity contribution < 1.29 is 30.6 Å². The van der Waals surface area contributed by atoms with E-state index in [2.05, 4.69) is 13.8 Å². The first-order chi connectivity index (χ1) is 9.91. The molecule has 0 aromatic heterocycles. The highest BCUT2D eigenvalue weighted by molar-refractivity contribution is 4.90. The third kappa shape index (κ3) is 7.01. The summed E-state index contributed by atoms with van der Waals surface area (Å²) >= 11 is 0. The molecule has 0 aliphatic heterocycles. The van der Waals surface area contributed by atoms with E-state index in [0.29, 0.717) is 0 Å². The third-order valence-electron chi connectivity index (χ3n) is 3.72. The number of aliphatic hydroxyl groups excluding tert-OH is 6. The summed E-state index contributed by atoms with van der Waals surface area (Å²) in [6.07, 6.45) is 1.71. The van der Waals surface area contributed by atoms with Gasteiger partial charge in [-0.3, -0.25) is 0 Å². The van der Waals surface area contributed by atoms with E-state index >= 15 is 0 Å². The van der Waals surface area contributed by atoms with E-state index in [-0.39, 0.29) is 12.8 Å². The highest BCUT2D eigenvalue weighted by Gasteiger charge is 2.37. The molecule has 21 heavy (non-hydrogen) atoms. The van der Waals surface area contributed by atoms with Crippen molar-refractivity contribution in [1.82, 2.24) is 0 Å². The quantitative estimate of drug-likeness (QED) is 0.258. The minimum atomic E-state index is -1.20. The SMILES string of the molecule is CCC.NC(CCC(CO)(CO)CO)C(CO)(CO)CO. The first kappa shape index (κ1) is 23.0. The molecule has 0 aliphatic carbocycles. The van der Waals surface area contributed by atoms with Gasteiger partial charge in [0.2, 0.25) is 0 Å². The van der Waals surface area contributed by atoms with E-state index in [0.717, 1.165) is 0 Å². The molecule has 0 aromatic rings. The van der Waals surface area contributed by atoms with Crippen LogP contribution in [0.25, 0.3) is 0 Å². The van der Waals surface area contributed by atoms with Crippen LogP contribution in [0.3, 0.4) is 0 Å². The number of aliphatic hydroxyl groups is 6. The number of hydrogen-bond donors (Lipinski definition) is 7. The second-order valence-corrected chi connectivity index (χ2v) is 5.66. The Labute approximate surface area is 127 Å². The van der Waals surface area contributed by atoms with Gasteiger partial charge >= 0.3 is 0 Å². The summed E-state index contributed by atoms with van der Waals surface area (Å²) < 4.78 is 0. The van der Waals surface area contributed by atoms with Crippen LogP contribution >= 0.6 is 0 Å². The molecule has 8 N–H and O–H groups in total. The Kier molecular flexibility index (Phi) is 13.4. The summed E-state index contributed by atoms with van der Waals surface area (Å²) in [6, 6.07) is -0.707.